The van der Waals surface area contributed by atoms with E-state index in [4.69, 9.17) is 0 Å². The lowest BCUT2D eigenvalue weighted by atomic mass is 9.96. The summed E-state index contributed by atoms with van der Waals surface area (Å²) in [5, 5.41) is 5.05. The molecule has 3 rings (SSSR count). The molecule has 0 atom stereocenters. The maximum Gasteiger partial charge on any atom is 0.0457 e. The molecular weight excluding hydrogens is 232 g/mol. The first-order valence-electron chi connectivity index (χ1n) is 7.71. The number of benzene rings is 1. The van der Waals surface area contributed by atoms with Crippen LogP contribution in [0.3, 0.4) is 0 Å². The van der Waals surface area contributed by atoms with Gasteiger partial charge in [0.25, 0.3) is 0 Å². The first-order chi connectivity index (χ1) is 9.42. The van der Waals surface area contributed by atoms with Crippen LogP contribution in [0.5, 0.6) is 0 Å². The summed E-state index contributed by atoms with van der Waals surface area (Å²) in [5.74, 6) is 0. The van der Waals surface area contributed by atoms with E-state index in [2.05, 4.69) is 34.6 Å². The van der Waals surface area contributed by atoms with Crippen LogP contribution in [0.15, 0.2) is 30.5 Å². The van der Waals surface area contributed by atoms with E-state index in [1.807, 2.05) is 6.20 Å². The second kappa shape index (κ2) is 6.25. The van der Waals surface area contributed by atoms with Crippen molar-refractivity contribution in [3.8, 4) is 0 Å². The first kappa shape index (κ1) is 12.7. The van der Waals surface area contributed by atoms with E-state index in [0.29, 0.717) is 0 Å². The molecule has 0 amide bonds. The van der Waals surface area contributed by atoms with Crippen molar-refractivity contribution >= 4 is 10.9 Å². The van der Waals surface area contributed by atoms with Gasteiger partial charge in [0.05, 0.1) is 0 Å². The fraction of sp³-hybridized carbons (Fsp3) is 0.529. The maximum absolute atomic E-state index is 3.75. The molecule has 2 nitrogen and oxygen atoms in total. The van der Waals surface area contributed by atoms with Gasteiger partial charge in [-0.2, -0.15) is 0 Å². The standard InChI is InChI=1S/C17H24N2/c1-2-4-6-16(7-5-3-1)19-13-14-8-9-15-10-11-18-17(15)12-14/h8-12,16,18-19H,1-7,13H2. The Balaban J connectivity index is 1.57. The van der Waals surface area contributed by atoms with Crippen LogP contribution in [0.25, 0.3) is 10.9 Å². The predicted octanol–water partition coefficient (Wildman–Crippen LogP) is 4.37. The average molecular weight is 256 g/mol. The van der Waals surface area contributed by atoms with Crippen molar-refractivity contribution in [2.24, 2.45) is 0 Å². The summed E-state index contributed by atoms with van der Waals surface area (Å²) < 4.78 is 0. The van der Waals surface area contributed by atoms with Crippen LogP contribution in [-0.2, 0) is 6.54 Å². The number of aromatic amines is 1. The topological polar surface area (TPSA) is 27.8 Å². The minimum Gasteiger partial charge on any atom is -0.361 e. The van der Waals surface area contributed by atoms with Crippen LogP contribution in [0.1, 0.15) is 50.5 Å². The average Bonchev–Trinajstić information content (AvgIpc) is 2.84. The van der Waals surface area contributed by atoms with Gasteiger partial charge in [0.2, 0.25) is 0 Å². The molecule has 0 saturated heterocycles. The molecule has 2 heteroatoms. The molecule has 0 unspecified atom stereocenters. The third-order valence-corrected chi connectivity index (χ3v) is 4.32. The summed E-state index contributed by atoms with van der Waals surface area (Å²) in [6.45, 7) is 1.000. The third-order valence-electron chi connectivity index (χ3n) is 4.32. The molecule has 2 N–H and O–H groups in total. The molecule has 19 heavy (non-hydrogen) atoms. The predicted molar refractivity (Wildman–Crippen MR) is 81.2 cm³/mol. The van der Waals surface area contributed by atoms with E-state index in [-0.39, 0.29) is 0 Å². The minimum absolute atomic E-state index is 0.722. The molecule has 0 aliphatic heterocycles. The summed E-state index contributed by atoms with van der Waals surface area (Å²) in [4.78, 5) is 3.29. The lowest BCUT2D eigenvalue weighted by molar-refractivity contribution is 0.389. The molecule has 0 spiro atoms. The molecule has 0 bridgehead atoms. The van der Waals surface area contributed by atoms with E-state index < -0.39 is 0 Å². The van der Waals surface area contributed by atoms with Crippen molar-refractivity contribution in [3.05, 3.63) is 36.0 Å². The Morgan fingerprint density at radius 1 is 1.00 bits per heavy atom. The second-order valence-electron chi connectivity index (χ2n) is 5.82. The van der Waals surface area contributed by atoms with Gasteiger partial charge in [-0.05, 0) is 35.9 Å². The fourth-order valence-electron chi connectivity index (χ4n) is 3.13. The van der Waals surface area contributed by atoms with Crippen molar-refractivity contribution in [2.45, 2.75) is 57.5 Å². The van der Waals surface area contributed by atoms with Crippen LogP contribution < -0.4 is 5.32 Å². The van der Waals surface area contributed by atoms with Gasteiger partial charge in [0.1, 0.15) is 0 Å². The van der Waals surface area contributed by atoms with E-state index in [9.17, 15) is 0 Å². The zero-order chi connectivity index (χ0) is 12.9. The Hall–Kier alpha value is -1.28. The monoisotopic (exact) mass is 256 g/mol. The number of rotatable bonds is 3. The highest BCUT2D eigenvalue weighted by Gasteiger charge is 2.10. The minimum atomic E-state index is 0.722. The molecule has 102 valence electrons. The molecule has 1 aliphatic rings. The second-order valence-corrected chi connectivity index (χ2v) is 5.82. The quantitative estimate of drug-likeness (QED) is 0.838. The summed E-state index contributed by atoms with van der Waals surface area (Å²) in [7, 11) is 0. The lowest BCUT2D eigenvalue weighted by Crippen LogP contribution is -2.29. The number of fused-ring (bicyclic) bond motifs is 1. The molecule has 1 aromatic carbocycles. The zero-order valence-corrected chi connectivity index (χ0v) is 11.6. The normalized spacial score (nSPS) is 18.3. The van der Waals surface area contributed by atoms with Crippen LogP contribution in [0.2, 0.25) is 0 Å². The molecule has 1 fully saturated rings. The van der Waals surface area contributed by atoms with Crippen LogP contribution in [-0.4, -0.2) is 11.0 Å². The Morgan fingerprint density at radius 2 is 1.79 bits per heavy atom. The third kappa shape index (κ3) is 3.38. The van der Waals surface area contributed by atoms with Crippen LogP contribution in [0, 0.1) is 0 Å². The summed E-state index contributed by atoms with van der Waals surface area (Å²) in [6.07, 6.45) is 11.8. The Labute approximate surface area is 115 Å². The Bertz CT molecular complexity index is 507. The fourth-order valence-corrected chi connectivity index (χ4v) is 3.13. The molecule has 1 aliphatic carbocycles. The number of hydrogen-bond acceptors (Lipinski definition) is 1. The van der Waals surface area contributed by atoms with Gasteiger partial charge in [0, 0.05) is 24.3 Å². The number of hydrogen-bond donors (Lipinski definition) is 2. The van der Waals surface area contributed by atoms with Gasteiger partial charge in [-0.3, -0.25) is 0 Å². The highest BCUT2D eigenvalue weighted by Crippen LogP contribution is 2.18. The highest BCUT2D eigenvalue weighted by atomic mass is 14.9. The molecule has 0 radical (unpaired) electrons. The smallest absolute Gasteiger partial charge is 0.0457 e. The van der Waals surface area contributed by atoms with Crippen molar-refractivity contribution in [1.29, 1.82) is 0 Å². The van der Waals surface area contributed by atoms with E-state index in [1.54, 1.807) is 0 Å². The first-order valence-corrected chi connectivity index (χ1v) is 7.71. The van der Waals surface area contributed by atoms with Gasteiger partial charge >= 0.3 is 0 Å². The molecule has 2 aromatic rings. The zero-order valence-electron chi connectivity index (χ0n) is 11.6. The van der Waals surface area contributed by atoms with Gasteiger partial charge in [-0.25, -0.2) is 0 Å². The van der Waals surface area contributed by atoms with E-state index in [0.717, 1.165) is 12.6 Å². The Kier molecular flexibility index (Phi) is 4.19. The summed E-state index contributed by atoms with van der Waals surface area (Å²) in [5.41, 5.74) is 2.63. The number of H-pyrrole nitrogens is 1. The van der Waals surface area contributed by atoms with Gasteiger partial charge < -0.3 is 10.3 Å². The molecular formula is C17H24N2. The Morgan fingerprint density at radius 3 is 2.63 bits per heavy atom. The lowest BCUT2D eigenvalue weighted by Gasteiger charge is -2.21. The van der Waals surface area contributed by atoms with Crippen molar-refractivity contribution < 1.29 is 0 Å². The maximum atomic E-state index is 3.75. The molecule has 1 saturated carbocycles. The van der Waals surface area contributed by atoms with Crippen LogP contribution in [0.4, 0.5) is 0 Å². The summed E-state index contributed by atoms with van der Waals surface area (Å²) >= 11 is 0. The SMILES string of the molecule is c1cc2ccc(CNC3CCCCCCC3)cc2[nH]1. The largest absolute Gasteiger partial charge is 0.361 e. The van der Waals surface area contributed by atoms with Crippen molar-refractivity contribution in [1.82, 2.24) is 10.3 Å². The number of aromatic nitrogens is 1. The van der Waals surface area contributed by atoms with E-state index in [1.165, 1.54) is 61.4 Å². The number of nitrogens with one attached hydrogen (secondary N) is 2. The van der Waals surface area contributed by atoms with Crippen LogP contribution >= 0.6 is 0 Å². The molecule has 1 aromatic heterocycles. The highest BCUT2D eigenvalue weighted by molar-refractivity contribution is 5.79. The van der Waals surface area contributed by atoms with Crippen molar-refractivity contribution in [2.75, 3.05) is 0 Å². The summed E-state index contributed by atoms with van der Waals surface area (Å²) in [6, 6.07) is 9.57. The van der Waals surface area contributed by atoms with E-state index >= 15 is 0 Å². The van der Waals surface area contributed by atoms with Gasteiger partial charge in [-0.1, -0.05) is 44.2 Å². The van der Waals surface area contributed by atoms with Gasteiger partial charge in [-0.15, -0.1) is 0 Å². The van der Waals surface area contributed by atoms with Crippen molar-refractivity contribution in [3.63, 3.8) is 0 Å². The van der Waals surface area contributed by atoms with Gasteiger partial charge in [0.15, 0.2) is 0 Å². The molecule has 1 heterocycles.